The molecule has 0 aliphatic carbocycles. The Kier molecular flexibility index (Phi) is 6.46. The van der Waals surface area contributed by atoms with Gasteiger partial charge in [-0.25, -0.2) is 4.39 Å². The van der Waals surface area contributed by atoms with Crippen LogP contribution in [0.3, 0.4) is 0 Å². The van der Waals surface area contributed by atoms with Crippen molar-refractivity contribution in [1.82, 2.24) is 14.8 Å². The summed E-state index contributed by atoms with van der Waals surface area (Å²) in [5.74, 6) is -0.353. The van der Waals surface area contributed by atoms with Crippen LogP contribution in [-0.4, -0.2) is 59.8 Å². The van der Waals surface area contributed by atoms with Crippen molar-refractivity contribution < 1.29 is 18.7 Å². The molecule has 1 aromatic carbocycles. The topological polar surface area (TPSA) is 65.6 Å². The average molecular weight is 387 g/mol. The van der Waals surface area contributed by atoms with Crippen LogP contribution in [0.5, 0.6) is 5.75 Å². The number of benzene rings is 1. The molecule has 2 aromatic rings. The molecule has 2 heterocycles. The SMILES string of the molecule is CCN(CC(=O)c1c[nH]c(C(=O)N2CCCC2)c1)Cc1ccc(OC)c(F)c1. The van der Waals surface area contributed by atoms with Crippen LogP contribution in [0.1, 0.15) is 46.2 Å². The summed E-state index contributed by atoms with van der Waals surface area (Å²) >= 11 is 0. The van der Waals surface area contributed by atoms with Crippen LogP contribution in [-0.2, 0) is 6.54 Å². The lowest BCUT2D eigenvalue weighted by Gasteiger charge is -2.19. The Hall–Kier alpha value is -2.67. The van der Waals surface area contributed by atoms with Gasteiger partial charge in [0.05, 0.1) is 13.7 Å². The van der Waals surface area contributed by atoms with Gasteiger partial charge in [0.2, 0.25) is 0 Å². The maximum Gasteiger partial charge on any atom is 0.270 e. The van der Waals surface area contributed by atoms with Crippen LogP contribution in [0.25, 0.3) is 0 Å². The Morgan fingerprint density at radius 3 is 2.64 bits per heavy atom. The Morgan fingerprint density at radius 1 is 1.25 bits per heavy atom. The van der Waals surface area contributed by atoms with Gasteiger partial charge in [-0.05, 0) is 43.1 Å². The quantitative estimate of drug-likeness (QED) is 0.707. The maximum atomic E-state index is 13.9. The fourth-order valence-corrected chi connectivity index (χ4v) is 3.41. The summed E-state index contributed by atoms with van der Waals surface area (Å²) in [4.78, 5) is 31.7. The van der Waals surface area contributed by atoms with Gasteiger partial charge in [0, 0.05) is 31.4 Å². The lowest BCUT2D eigenvalue weighted by Crippen LogP contribution is -2.29. The first kappa shape index (κ1) is 20.1. The van der Waals surface area contributed by atoms with Gasteiger partial charge in [0.15, 0.2) is 17.3 Å². The molecule has 1 aliphatic rings. The van der Waals surface area contributed by atoms with Crippen molar-refractivity contribution in [1.29, 1.82) is 0 Å². The Bertz CT molecular complexity index is 843. The van der Waals surface area contributed by atoms with Crippen molar-refractivity contribution >= 4 is 11.7 Å². The summed E-state index contributed by atoms with van der Waals surface area (Å²) in [6.45, 7) is 4.77. The van der Waals surface area contributed by atoms with Gasteiger partial charge in [-0.2, -0.15) is 0 Å². The third kappa shape index (κ3) is 4.59. The van der Waals surface area contributed by atoms with E-state index in [1.807, 2.05) is 11.8 Å². The number of nitrogens with zero attached hydrogens (tertiary/aromatic N) is 2. The van der Waals surface area contributed by atoms with E-state index in [1.54, 1.807) is 29.3 Å². The number of halogens is 1. The molecule has 1 aromatic heterocycles. The molecule has 3 rings (SSSR count). The first-order valence-corrected chi connectivity index (χ1v) is 9.57. The second-order valence-corrected chi connectivity index (χ2v) is 7.00. The average Bonchev–Trinajstić information content (AvgIpc) is 3.39. The molecular formula is C21H26FN3O3. The van der Waals surface area contributed by atoms with E-state index in [2.05, 4.69) is 4.98 Å². The number of likely N-dealkylation sites (tertiary alicyclic amines) is 1. The molecule has 1 fully saturated rings. The molecule has 0 radical (unpaired) electrons. The highest BCUT2D eigenvalue weighted by atomic mass is 19.1. The minimum atomic E-state index is -0.418. The van der Waals surface area contributed by atoms with Crippen LogP contribution in [0, 0.1) is 5.82 Å². The standard InChI is InChI=1S/C21H26FN3O3/c1-3-24(13-15-6-7-20(28-2)17(22)10-15)14-19(26)16-11-18(23-12-16)21(27)25-8-4-5-9-25/h6-7,10-12,23H,3-5,8-9,13-14H2,1-2H3. The van der Waals surface area contributed by atoms with Gasteiger partial charge < -0.3 is 14.6 Å². The number of aromatic amines is 1. The third-order valence-electron chi connectivity index (χ3n) is 5.07. The largest absolute Gasteiger partial charge is 0.494 e. The molecule has 1 saturated heterocycles. The van der Waals surface area contributed by atoms with E-state index in [9.17, 15) is 14.0 Å². The molecule has 1 N–H and O–H groups in total. The maximum absolute atomic E-state index is 13.9. The number of ether oxygens (including phenoxy) is 1. The normalized spacial score (nSPS) is 13.9. The zero-order valence-corrected chi connectivity index (χ0v) is 16.3. The molecule has 1 amide bonds. The summed E-state index contributed by atoms with van der Waals surface area (Å²) in [5, 5.41) is 0. The minimum absolute atomic E-state index is 0.0578. The van der Waals surface area contributed by atoms with Crippen LogP contribution in [0.2, 0.25) is 0 Å². The second kappa shape index (κ2) is 9.01. The van der Waals surface area contributed by atoms with Crippen molar-refractivity contribution in [2.75, 3.05) is 33.3 Å². The monoisotopic (exact) mass is 387 g/mol. The molecule has 6 nitrogen and oxygen atoms in total. The van der Waals surface area contributed by atoms with Crippen molar-refractivity contribution in [2.45, 2.75) is 26.3 Å². The molecule has 0 bridgehead atoms. The highest BCUT2D eigenvalue weighted by Gasteiger charge is 2.22. The number of Topliss-reactive ketones (excluding diaryl/α,β-unsaturated/α-hetero) is 1. The summed E-state index contributed by atoms with van der Waals surface area (Å²) in [6.07, 6.45) is 3.64. The number of H-pyrrole nitrogens is 1. The fraction of sp³-hybridized carbons (Fsp3) is 0.429. The van der Waals surface area contributed by atoms with E-state index >= 15 is 0 Å². The lowest BCUT2D eigenvalue weighted by atomic mass is 10.1. The summed E-state index contributed by atoms with van der Waals surface area (Å²) in [5.41, 5.74) is 1.71. The molecule has 0 atom stereocenters. The van der Waals surface area contributed by atoms with Crippen LogP contribution >= 0.6 is 0 Å². The molecular weight excluding hydrogens is 361 g/mol. The number of likely N-dealkylation sites (N-methyl/N-ethyl adjacent to an activating group) is 1. The number of methoxy groups -OCH3 is 1. The number of hydrogen-bond donors (Lipinski definition) is 1. The van der Waals surface area contributed by atoms with E-state index in [1.165, 1.54) is 13.2 Å². The van der Waals surface area contributed by atoms with Gasteiger partial charge in [0.25, 0.3) is 5.91 Å². The molecule has 0 unspecified atom stereocenters. The van der Waals surface area contributed by atoms with Crippen LogP contribution in [0.4, 0.5) is 4.39 Å². The van der Waals surface area contributed by atoms with Crippen molar-refractivity contribution in [3.8, 4) is 5.75 Å². The summed E-state index contributed by atoms with van der Waals surface area (Å²) in [7, 11) is 1.43. The summed E-state index contributed by atoms with van der Waals surface area (Å²) in [6, 6.07) is 6.43. The van der Waals surface area contributed by atoms with Crippen LogP contribution < -0.4 is 4.74 Å². The highest BCUT2D eigenvalue weighted by molar-refractivity contribution is 6.01. The predicted octanol–water partition coefficient (Wildman–Crippen LogP) is 3.10. The minimum Gasteiger partial charge on any atom is -0.494 e. The number of carbonyl (C=O) groups excluding carboxylic acids is 2. The molecule has 150 valence electrons. The number of ketones is 1. The number of aromatic nitrogens is 1. The molecule has 0 spiro atoms. The van der Waals surface area contributed by atoms with E-state index in [4.69, 9.17) is 4.74 Å². The van der Waals surface area contributed by atoms with Crippen LogP contribution in [0.15, 0.2) is 30.5 Å². The number of carbonyl (C=O) groups is 2. The van der Waals surface area contributed by atoms with Crippen molar-refractivity contribution in [2.24, 2.45) is 0 Å². The molecule has 28 heavy (non-hydrogen) atoms. The smallest absolute Gasteiger partial charge is 0.270 e. The van der Waals surface area contributed by atoms with Crippen molar-refractivity contribution in [3.63, 3.8) is 0 Å². The van der Waals surface area contributed by atoms with Gasteiger partial charge in [0.1, 0.15) is 5.69 Å². The third-order valence-corrected chi connectivity index (χ3v) is 5.07. The number of rotatable bonds is 8. The predicted molar refractivity (Wildman–Crippen MR) is 104 cm³/mol. The number of amides is 1. The van der Waals surface area contributed by atoms with E-state index < -0.39 is 5.82 Å². The molecule has 7 heteroatoms. The van der Waals surface area contributed by atoms with Gasteiger partial charge in [-0.3, -0.25) is 14.5 Å². The fourth-order valence-electron chi connectivity index (χ4n) is 3.41. The first-order valence-electron chi connectivity index (χ1n) is 9.57. The number of hydrogen-bond acceptors (Lipinski definition) is 4. The van der Waals surface area contributed by atoms with Crippen molar-refractivity contribution in [3.05, 3.63) is 53.1 Å². The van der Waals surface area contributed by atoms with Gasteiger partial charge in [-0.15, -0.1) is 0 Å². The zero-order chi connectivity index (χ0) is 20.1. The van der Waals surface area contributed by atoms with Gasteiger partial charge in [-0.1, -0.05) is 13.0 Å². The Labute approximate surface area is 164 Å². The summed E-state index contributed by atoms with van der Waals surface area (Å²) < 4.78 is 18.8. The molecule has 1 aliphatic heterocycles. The lowest BCUT2D eigenvalue weighted by molar-refractivity contribution is 0.0787. The Morgan fingerprint density at radius 2 is 2.00 bits per heavy atom. The number of nitrogens with one attached hydrogen (secondary N) is 1. The van der Waals surface area contributed by atoms with Gasteiger partial charge >= 0.3 is 0 Å². The zero-order valence-electron chi connectivity index (χ0n) is 16.3. The first-order chi connectivity index (χ1) is 13.5. The molecule has 0 saturated carbocycles. The second-order valence-electron chi connectivity index (χ2n) is 7.00. The van der Waals surface area contributed by atoms with E-state index in [-0.39, 0.29) is 24.0 Å². The Balaban J connectivity index is 1.62. The van der Waals surface area contributed by atoms with E-state index in [0.717, 1.165) is 31.5 Å². The highest BCUT2D eigenvalue weighted by Crippen LogP contribution is 2.19. The van der Waals surface area contributed by atoms with E-state index in [0.29, 0.717) is 24.3 Å².